The summed E-state index contributed by atoms with van der Waals surface area (Å²) in [6, 6.07) is 0.609. The van der Waals surface area contributed by atoms with Gasteiger partial charge in [0, 0.05) is 6.04 Å². The van der Waals surface area contributed by atoms with Gasteiger partial charge in [-0.15, -0.1) is 0 Å². The van der Waals surface area contributed by atoms with Crippen LogP contribution >= 0.6 is 0 Å². The highest BCUT2D eigenvalue weighted by Gasteiger charge is 2.26. The molecule has 18 heavy (non-hydrogen) atoms. The van der Waals surface area contributed by atoms with E-state index in [0.29, 0.717) is 6.04 Å². The van der Waals surface area contributed by atoms with Gasteiger partial charge in [-0.3, -0.25) is 0 Å². The van der Waals surface area contributed by atoms with Crippen LogP contribution in [0.15, 0.2) is 0 Å². The van der Waals surface area contributed by atoms with Crippen LogP contribution in [0, 0.1) is 29.6 Å². The van der Waals surface area contributed by atoms with Gasteiger partial charge in [0.1, 0.15) is 0 Å². The van der Waals surface area contributed by atoms with Gasteiger partial charge >= 0.3 is 0 Å². The van der Waals surface area contributed by atoms with E-state index in [4.69, 9.17) is 0 Å². The van der Waals surface area contributed by atoms with Crippen LogP contribution in [0.4, 0.5) is 0 Å². The number of hydrogen-bond acceptors (Lipinski definition) is 1. The second kappa shape index (κ2) is 8.96. The van der Waals surface area contributed by atoms with Gasteiger partial charge in [-0.1, -0.05) is 61.8 Å². The van der Waals surface area contributed by atoms with Crippen molar-refractivity contribution in [3.05, 3.63) is 0 Å². The van der Waals surface area contributed by atoms with Crippen LogP contribution in [0.2, 0.25) is 0 Å². The minimum Gasteiger partial charge on any atom is -0.314 e. The predicted molar refractivity (Wildman–Crippen MR) is 83.9 cm³/mol. The first-order valence-electron chi connectivity index (χ1n) is 8.02. The normalized spacial score (nSPS) is 19.0. The maximum atomic E-state index is 3.56. The van der Waals surface area contributed by atoms with Crippen molar-refractivity contribution in [1.29, 1.82) is 0 Å². The summed E-state index contributed by atoms with van der Waals surface area (Å²) < 4.78 is 0. The smallest absolute Gasteiger partial charge is 0.00104 e. The van der Waals surface area contributed by atoms with Crippen molar-refractivity contribution in [3.63, 3.8) is 0 Å². The zero-order chi connectivity index (χ0) is 14.3. The molecule has 0 aliphatic heterocycles. The zero-order valence-corrected chi connectivity index (χ0v) is 14.1. The molecule has 1 nitrogen and oxygen atoms in total. The van der Waals surface area contributed by atoms with Gasteiger partial charge in [0.2, 0.25) is 0 Å². The molecule has 0 aromatic rings. The number of rotatable bonds is 9. The van der Waals surface area contributed by atoms with Crippen molar-refractivity contribution in [1.82, 2.24) is 5.32 Å². The monoisotopic (exact) mass is 255 g/mol. The van der Waals surface area contributed by atoms with E-state index in [9.17, 15) is 0 Å². The maximum Gasteiger partial charge on any atom is 0.00104 e. The summed E-state index contributed by atoms with van der Waals surface area (Å²) in [5.74, 6) is 4.15. The van der Waals surface area contributed by atoms with Gasteiger partial charge in [0.05, 0.1) is 0 Å². The topological polar surface area (TPSA) is 12.0 Å². The Bertz CT molecular complexity index is 198. The van der Waals surface area contributed by atoms with Crippen molar-refractivity contribution >= 4 is 0 Å². The van der Waals surface area contributed by atoms with Crippen molar-refractivity contribution in [2.45, 2.75) is 74.3 Å². The molecular weight excluding hydrogens is 218 g/mol. The lowest BCUT2D eigenvalue weighted by molar-refractivity contribution is 0.159. The SMILES string of the molecule is CCC(C)C(C(C)C)C(C)CC(C)CNC(C)C. The molecule has 0 fully saturated rings. The van der Waals surface area contributed by atoms with E-state index in [0.717, 1.165) is 36.1 Å². The van der Waals surface area contributed by atoms with Crippen molar-refractivity contribution < 1.29 is 0 Å². The Labute approximate surface area is 116 Å². The first-order chi connectivity index (χ1) is 8.29. The van der Waals surface area contributed by atoms with Crippen LogP contribution in [0.1, 0.15) is 68.2 Å². The molecule has 1 N–H and O–H groups in total. The Hall–Kier alpha value is -0.0400. The van der Waals surface area contributed by atoms with Crippen LogP contribution in [-0.2, 0) is 0 Å². The third-order valence-corrected chi connectivity index (χ3v) is 4.38. The molecule has 4 unspecified atom stereocenters. The standard InChI is InChI=1S/C17H37N/c1-9-15(7)17(12(2)3)16(8)10-14(6)11-18-13(4)5/h12-18H,9-11H2,1-8H3. The fourth-order valence-electron chi connectivity index (χ4n) is 3.46. The zero-order valence-electron chi connectivity index (χ0n) is 14.1. The number of nitrogens with one attached hydrogen (secondary N) is 1. The van der Waals surface area contributed by atoms with Crippen LogP contribution in [0.25, 0.3) is 0 Å². The predicted octanol–water partition coefficient (Wildman–Crippen LogP) is 4.97. The fraction of sp³-hybridized carbons (Fsp3) is 1.00. The molecule has 0 aromatic carbocycles. The molecule has 4 atom stereocenters. The van der Waals surface area contributed by atoms with Gasteiger partial charge in [-0.25, -0.2) is 0 Å². The highest BCUT2D eigenvalue weighted by molar-refractivity contribution is 4.76. The lowest BCUT2D eigenvalue weighted by Crippen LogP contribution is -2.31. The number of hydrogen-bond donors (Lipinski definition) is 1. The highest BCUT2D eigenvalue weighted by Crippen LogP contribution is 2.34. The van der Waals surface area contributed by atoms with Crippen LogP contribution < -0.4 is 5.32 Å². The van der Waals surface area contributed by atoms with Gasteiger partial charge in [0.25, 0.3) is 0 Å². The Morgan fingerprint density at radius 2 is 1.39 bits per heavy atom. The largest absolute Gasteiger partial charge is 0.314 e. The van der Waals surface area contributed by atoms with Gasteiger partial charge in [-0.05, 0) is 42.6 Å². The fourth-order valence-corrected chi connectivity index (χ4v) is 3.46. The van der Waals surface area contributed by atoms with Gasteiger partial charge < -0.3 is 5.32 Å². The molecule has 0 spiro atoms. The van der Waals surface area contributed by atoms with E-state index in [1.807, 2.05) is 0 Å². The molecule has 1 heteroatoms. The second-order valence-electron chi connectivity index (χ2n) is 7.09. The first kappa shape index (κ1) is 18.0. The Kier molecular flexibility index (Phi) is 8.94. The van der Waals surface area contributed by atoms with Crippen molar-refractivity contribution in [3.8, 4) is 0 Å². The molecule has 0 aliphatic rings. The minimum atomic E-state index is 0.609. The Morgan fingerprint density at radius 1 is 0.833 bits per heavy atom. The van der Waals surface area contributed by atoms with Crippen LogP contribution in [0.5, 0.6) is 0 Å². The van der Waals surface area contributed by atoms with Gasteiger partial charge in [-0.2, -0.15) is 0 Å². The Morgan fingerprint density at radius 3 is 1.78 bits per heavy atom. The summed E-state index contributed by atoms with van der Waals surface area (Å²) in [4.78, 5) is 0. The molecule has 0 radical (unpaired) electrons. The average Bonchev–Trinajstić information content (AvgIpc) is 2.25. The highest BCUT2D eigenvalue weighted by atomic mass is 14.9. The lowest BCUT2D eigenvalue weighted by Gasteiger charge is -2.34. The molecule has 0 bridgehead atoms. The van der Waals surface area contributed by atoms with E-state index in [1.165, 1.54) is 12.8 Å². The van der Waals surface area contributed by atoms with E-state index in [1.54, 1.807) is 0 Å². The van der Waals surface area contributed by atoms with E-state index < -0.39 is 0 Å². The first-order valence-corrected chi connectivity index (χ1v) is 8.02. The molecule has 0 amide bonds. The molecule has 110 valence electrons. The van der Waals surface area contributed by atoms with Crippen LogP contribution in [-0.4, -0.2) is 12.6 Å². The van der Waals surface area contributed by atoms with Crippen molar-refractivity contribution in [2.24, 2.45) is 29.6 Å². The third kappa shape index (κ3) is 6.78. The van der Waals surface area contributed by atoms with E-state index in [-0.39, 0.29) is 0 Å². The molecule has 0 heterocycles. The summed E-state index contributed by atoms with van der Waals surface area (Å²) in [6.07, 6.45) is 2.67. The molecule has 0 aromatic heterocycles. The quantitative estimate of drug-likeness (QED) is 0.613. The van der Waals surface area contributed by atoms with Crippen LogP contribution in [0.3, 0.4) is 0 Å². The van der Waals surface area contributed by atoms with Crippen molar-refractivity contribution in [2.75, 3.05) is 6.54 Å². The average molecular weight is 255 g/mol. The third-order valence-electron chi connectivity index (χ3n) is 4.38. The summed E-state index contributed by atoms with van der Waals surface area (Å²) in [7, 11) is 0. The molecular formula is C17H37N. The summed E-state index contributed by atoms with van der Waals surface area (Å²) in [5.41, 5.74) is 0. The maximum absolute atomic E-state index is 3.56. The molecule has 0 rings (SSSR count). The summed E-state index contributed by atoms with van der Waals surface area (Å²) in [6.45, 7) is 20.0. The summed E-state index contributed by atoms with van der Waals surface area (Å²) in [5, 5.41) is 3.56. The van der Waals surface area contributed by atoms with E-state index >= 15 is 0 Å². The molecule has 0 aliphatic carbocycles. The van der Waals surface area contributed by atoms with Gasteiger partial charge in [0.15, 0.2) is 0 Å². The molecule has 0 saturated carbocycles. The molecule has 0 saturated heterocycles. The second-order valence-corrected chi connectivity index (χ2v) is 7.09. The summed E-state index contributed by atoms with van der Waals surface area (Å²) >= 11 is 0. The minimum absolute atomic E-state index is 0.609. The Balaban J connectivity index is 4.28. The lowest BCUT2D eigenvalue weighted by atomic mass is 9.72. The van der Waals surface area contributed by atoms with E-state index in [2.05, 4.69) is 60.7 Å².